The van der Waals surface area contributed by atoms with E-state index in [1.807, 2.05) is 11.8 Å². The number of nitrogens with zero attached hydrogens (tertiary/aromatic N) is 4. The molecule has 1 fully saturated rings. The van der Waals surface area contributed by atoms with Crippen molar-refractivity contribution in [2.45, 2.75) is 31.6 Å². The van der Waals surface area contributed by atoms with E-state index < -0.39 is 0 Å². The second-order valence-electron chi connectivity index (χ2n) is 8.45. The molecular formula is C23H30N4O2S. The summed E-state index contributed by atoms with van der Waals surface area (Å²) in [7, 11) is 0. The third-order valence-corrected chi connectivity index (χ3v) is 7.48. The molecule has 1 aromatic heterocycles. The van der Waals surface area contributed by atoms with Gasteiger partial charge in [-0.05, 0) is 34.9 Å². The fourth-order valence-corrected chi connectivity index (χ4v) is 5.52. The van der Waals surface area contributed by atoms with E-state index >= 15 is 0 Å². The smallest absolute Gasteiger partial charge is 0.267 e. The van der Waals surface area contributed by atoms with E-state index in [-0.39, 0.29) is 5.56 Å². The van der Waals surface area contributed by atoms with Crippen molar-refractivity contribution in [2.75, 3.05) is 51.6 Å². The van der Waals surface area contributed by atoms with Crippen molar-refractivity contribution < 1.29 is 4.74 Å². The molecule has 4 heterocycles. The third kappa shape index (κ3) is 4.58. The van der Waals surface area contributed by atoms with Crippen molar-refractivity contribution in [3.63, 3.8) is 0 Å². The molecule has 0 bridgehead atoms. The second kappa shape index (κ2) is 9.12. The zero-order valence-electron chi connectivity index (χ0n) is 17.5. The molecule has 6 nitrogen and oxygen atoms in total. The van der Waals surface area contributed by atoms with Crippen LogP contribution in [-0.2, 0) is 31.6 Å². The Morgan fingerprint density at radius 2 is 1.80 bits per heavy atom. The highest BCUT2D eigenvalue weighted by Gasteiger charge is 2.18. The number of piperazine rings is 1. The first-order valence-corrected chi connectivity index (χ1v) is 12.3. The summed E-state index contributed by atoms with van der Waals surface area (Å²) in [4.78, 5) is 17.4. The van der Waals surface area contributed by atoms with Gasteiger partial charge in [0.15, 0.2) is 0 Å². The quantitative estimate of drug-likeness (QED) is 0.703. The average Bonchev–Trinajstić information content (AvgIpc) is 3.25. The SMILES string of the molecule is O=c1cc2c(nn1CCN1CCN(CCc3ccc4c(c3)CCO4)CC1)CCSC2. The van der Waals surface area contributed by atoms with Gasteiger partial charge in [-0.25, -0.2) is 4.68 Å². The number of thioether (sulfide) groups is 1. The molecule has 0 saturated carbocycles. The molecule has 0 aliphatic carbocycles. The number of benzene rings is 1. The van der Waals surface area contributed by atoms with Crippen LogP contribution in [0.2, 0.25) is 0 Å². The highest BCUT2D eigenvalue weighted by molar-refractivity contribution is 7.98. The maximum atomic E-state index is 12.4. The Bertz CT molecular complexity index is 953. The molecule has 0 amide bonds. The zero-order valence-corrected chi connectivity index (χ0v) is 18.3. The molecule has 0 unspecified atom stereocenters. The van der Waals surface area contributed by atoms with Gasteiger partial charge in [0, 0.05) is 63.9 Å². The second-order valence-corrected chi connectivity index (χ2v) is 9.56. The minimum absolute atomic E-state index is 0.0506. The largest absolute Gasteiger partial charge is 0.493 e. The lowest BCUT2D eigenvalue weighted by molar-refractivity contribution is 0.128. The predicted molar refractivity (Wildman–Crippen MR) is 121 cm³/mol. The van der Waals surface area contributed by atoms with Crippen LogP contribution in [0.25, 0.3) is 0 Å². The number of rotatable bonds is 6. The van der Waals surface area contributed by atoms with Crippen molar-refractivity contribution in [1.29, 1.82) is 0 Å². The van der Waals surface area contributed by atoms with Crippen LogP contribution >= 0.6 is 11.8 Å². The van der Waals surface area contributed by atoms with Crippen molar-refractivity contribution >= 4 is 11.8 Å². The molecule has 1 aromatic carbocycles. The van der Waals surface area contributed by atoms with Crippen molar-refractivity contribution in [3.05, 3.63) is 57.0 Å². The molecule has 3 aliphatic heterocycles. The number of aryl methyl sites for hydroxylation is 1. The normalized spacial score (nSPS) is 19.3. The van der Waals surface area contributed by atoms with Gasteiger partial charge < -0.3 is 9.64 Å². The molecular weight excluding hydrogens is 396 g/mol. The van der Waals surface area contributed by atoms with E-state index in [0.717, 1.165) is 93.7 Å². The molecule has 0 spiro atoms. The Morgan fingerprint density at radius 3 is 2.67 bits per heavy atom. The number of fused-ring (bicyclic) bond motifs is 2. The monoisotopic (exact) mass is 426 g/mol. The van der Waals surface area contributed by atoms with Gasteiger partial charge in [-0.15, -0.1) is 0 Å². The minimum atomic E-state index is 0.0506. The van der Waals surface area contributed by atoms with Crippen LogP contribution in [-0.4, -0.2) is 71.2 Å². The maximum absolute atomic E-state index is 12.4. The Labute approximate surface area is 182 Å². The maximum Gasteiger partial charge on any atom is 0.267 e. The Morgan fingerprint density at radius 1 is 0.967 bits per heavy atom. The lowest BCUT2D eigenvalue weighted by Gasteiger charge is -2.34. The molecule has 1 saturated heterocycles. The van der Waals surface area contributed by atoms with Gasteiger partial charge in [0.1, 0.15) is 5.75 Å². The summed E-state index contributed by atoms with van der Waals surface area (Å²) in [6, 6.07) is 8.46. The van der Waals surface area contributed by atoms with Crippen LogP contribution in [0, 0.1) is 0 Å². The standard InChI is InChI=1S/C23H30N4O2S/c28-23-16-20-17-30-14-5-21(20)24-27(23)12-11-26-9-7-25(8-10-26)6-3-18-1-2-22-19(15-18)4-13-29-22/h1-2,15-16H,3-14,17H2. The van der Waals surface area contributed by atoms with E-state index in [1.54, 1.807) is 10.7 Å². The summed E-state index contributed by atoms with van der Waals surface area (Å²) in [6.45, 7) is 7.85. The molecule has 5 rings (SSSR count). The van der Waals surface area contributed by atoms with Crippen molar-refractivity contribution in [2.24, 2.45) is 0 Å². The van der Waals surface area contributed by atoms with E-state index in [2.05, 4.69) is 33.1 Å². The lowest BCUT2D eigenvalue weighted by atomic mass is 10.1. The van der Waals surface area contributed by atoms with E-state index in [1.165, 1.54) is 11.1 Å². The average molecular weight is 427 g/mol. The summed E-state index contributed by atoms with van der Waals surface area (Å²) in [5.74, 6) is 3.11. The number of ether oxygens (including phenoxy) is 1. The van der Waals surface area contributed by atoms with Crippen LogP contribution in [0.1, 0.15) is 22.4 Å². The molecule has 3 aliphatic rings. The van der Waals surface area contributed by atoms with Gasteiger partial charge >= 0.3 is 0 Å². The molecule has 160 valence electrons. The van der Waals surface area contributed by atoms with Gasteiger partial charge in [-0.3, -0.25) is 9.69 Å². The van der Waals surface area contributed by atoms with Crippen LogP contribution in [0.15, 0.2) is 29.1 Å². The summed E-state index contributed by atoms with van der Waals surface area (Å²) >= 11 is 1.89. The van der Waals surface area contributed by atoms with Crippen LogP contribution in [0.3, 0.4) is 0 Å². The van der Waals surface area contributed by atoms with Crippen molar-refractivity contribution in [3.8, 4) is 5.75 Å². The van der Waals surface area contributed by atoms with Gasteiger partial charge in [0.05, 0.1) is 18.8 Å². The number of aromatic nitrogens is 2. The molecule has 0 atom stereocenters. The summed E-state index contributed by atoms with van der Waals surface area (Å²) in [5.41, 5.74) is 5.09. The first kappa shape index (κ1) is 20.1. The van der Waals surface area contributed by atoms with Crippen LogP contribution < -0.4 is 10.3 Å². The minimum Gasteiger partial charge on any atom is -0.493 e. The number of hydrogen-bond donors (Lipinski definition) is 0. The Hall–Kier alpha value is -1.83. The first-order valence-electron chi connectivity index (χ1n) is 11.1. The Kier molecular flexibility index (Phi) is 6.11. The highest BCUT2D eigenvalue weighted by atomic mass is 32.2. The van der Waals surface area contributed by atoms with Crippen LogP contribution in [0.4, 0.5) is 0 Å². The molecule has 0 radical (unpaired) electrons. The molecule has 7 heteroatoms. The van der Waals surface area contributed by atoms with Gasteiger partial charge in [0.2, 0.25) is 0 Å². The van der Waals surface area contributed by atoms with E-state index in [0.29, 0.717) is 6.54 Å². The zero-order chi connectivity index (χ0) is 20.3. The Balaban J connectivity index is 1.08. The number of hydrogen-bond acceptors (Lipinski definition) is 6. The predicted octanol–water partition coefficient (Wildman–Crippen LogP) is 1.83. The summed E-state index contributed by atoms with van der Waals surface area (Å²) in [6.07, 6.45) is 3.12. The lowest BCUT2D eigenvalue weighted by Crippen LogP contribution is -2.48. The van der Waals surface area contributed by atoms with E-state index in [9.17, 15) is 4.79 Å². The fourth-order valence-electron chi connectivity index (χ4n) is 4.57. The van der Waals surface area contributed by atoms with Gasteiger partial charge in [0.25, 0.3) is 5.56 Å². The highest BCUT2D eigenvalue weighted by Crippen LogP contribution is 2.26. The topological polar surface area (TPSA) is 50.6 Å². The molecule has 0 N–H and O–H groups in total. The van der Waals surface area contributed by atoms with Gasteiger partial charge in [-0.1, -0.05) is 12.1 Å². The van der Waals surface area contributed by atoms with Crippen molar-refractivity contribution in [1.82, 2.24) is 19.6 Å². The summed E-state index contributed by atoms with van der Waals surface area (Å²) < 4.78 is 7.29. The van der Waals surface area contributed by atoms with Gasteiger partial charge in [-0.2, -0.15) is 16.9 Å². The molecule has 30 heavy (non-hydrogen) atoms. The summed E-state index contributed by atoms with van der Waals surface area (Å²) in [5, 5.41) is 4.64. The third-order valence-electron chi connectivity index (χ3n) is 6.47. The van der Waals surface area contributed by atoms with E-state index in [4.69, 9.17) is 4.74 Å². The van der Waals surface area contributed by atoms with Crippen LogP contribution in [0.5, 0.6) is 5.75 Å². The molecule has 2 aromatic rings. The first-order chi connectivity index (χ1) is 14.7. The fraction of sp³-hybridized carbons (Fsp3) is 0.565.